The molecule has 0 atom stereocenters. The monoisotopic (exact) mass is 276 g/mol. The van der Waals surface area contributed by atoms with Crippen molar-refractivity contribution in [3.8, 4) is 11.5 Å². The van der Waals surface area contributed by atoms with Gasteiger partial charge in [0.15, 0.2) is 11.6 Å². The standard InChI is InChI=1S/C14H14BFO4/c16-13-7-6-11(15(17)18)10-14(13)20-9-8-19-12-4-2-1-3-5-12/h1-7,10,17-18H,8-9H2. The van der Waals surface area contributed by atoms with Crippen LogP contribution in [0.1, 0.15) is 0 Å². The number of ether oxygens (including phenoxy) is 2. The molecule has 0 aromatic heterocycles. The highest BCUT2D eigenvalue weighted by molar-refractivity contribution is 6.58. The molecule has 0 radical (unpaired) electrons. The van der Waals surface area contributed by atoms with E-state index in [0.717, 1.165) is 6.07 Å². The molecule has 0 aliphatic heterocycles. The molecular formula is C14H14BFO4. The predicted octanol–water partition coefficient (Wildman–Crippen LogP) is 0.963. The fourth-order valence-electron chi connectivity index (χ4n) is 1.62. The molecule has 0 saturated carbocycles. The number of halogens is 1. The number of para-hydroxylation sites is 1. The summed E-state index contributed by atoms with van der Waals surface area (Å²) in [5.74, 6) is 0.109. The molecule has 0 aliphatic rings. The summed E-state index contributed by atoms with van der Waals surface area (Å²) in [4.78, 5) is 0. The maximum Gasteiger partial charge on any atom is 0.488 e. The van der Waals surface area contributed by atoms with Crippen LogP contribution in [0.25, 0.3) is 0 Å². The van der Waals surface area contributed by atoms with Gasteiger partial charge in [-0.3, -0.25) is 0 Å². The van der Waals surface area contributed by atoms with Crippen LogP contribution < -0.4 is 14.9 Å². The van der Waals surface area contributed by atoms with Gasteiger partial charge >= 0.3 is 7.12 Å². The third-order valence-corrected chi connectivity index (χ3v) is 2.61. The van der Waals surface area contributed by atoms with E-state index < -0.39 is 12.9 Å². The van der Waals surface area contributed by atoms with E-state index in [4.69, 9.17) is 19.5 Å². The highest BCUT2D eigenvalue weighted by atomic mass is 19.1. The van der Waals surface area contributed by atoms with Gasteiger partial charge in [0.2, 0.25) is 0 Å². The van der Waals surface area contributed by atoms with Gasteiger partial charge in [-0.05, 0) is 29.7 Å². The second kappa shape index (κ2) is 6.93. The van der Waals surface area contributed by atoms with Crippen molar-refractivity contribution in [3.63, 3.8) is 0 Å². The maximum atomic E-state index is 13.5. The Labute approximate surface area is 116 Å². The summed E-state index contributed by atoms with van der Waals surface area (Å²) >= 11 is 0. The van der Waals surface area contributed by atoms with E-state index in [1.165, 1.54) is 12.1 Å². The zero-order valence-electron chi connectivity index (χ0n) is 10.7. The first kappa shape index (κ1) is 14.4. The lowest BCUT2D eigenvalue weighted by atomic mass is 9.80. The fraction of sp³-hybridized carbons (Fsp3) is 0.143. The van der Waals surface area contributed by atoms with Crippen LogP contribution in [0.5, 0.6) is 11.5 Å². The Morgan fingerprint density at radius 3 is 2.35 bits per heavy atom. The first-order valence-electron chi connectivity index (χ1n) is 6.13. The Bertz CT molecular complexity index is 548. The molecule has 2 rings (SSSR count). The van der Waals surface area contributed by atoms with Gasteiger partial charge in [-0.1, -0.05) is 24.3 Å². The fourth-order valence-corrected chi connectivity index (χ4v) is 1.62. The van der Waals surface area contributed by atoms with Crippen LogP contribution in [0.4, 0.5) is 4.39 Å². The molecule has 6 heteroatoms. The van der Waals surface area contributed by atoms with Crippen LogP contribution in [-0.2, 0) is 0 Å². The van der Waals surface area contributed by atoms with Crippen LogP contribution >= 0.6 is 0 Å². The number of rotatable bonds is 6. The minimum Gasteiger partial charge on any atom is -0.490 e. The smallest absolute Gasteiger partial charge is 0.488 e. The van der Waals surface area contributed by atoms with Crippen LogP contribution in [-0.4, -0.2) is 30.4 Å². The van der Waals surface area contributed by atoms with Gasteiger partial charge in [-0.15, -0.1) is 0 Å². The average Bonchev–Trinajstić information content (AvgIpc) is 2.46. The molecule has 2 aromatic carbocycles. The molecule has 2 N–H and O–H groups in total. The van der Waals surface area contributed by atoms with Crippen molar-refractivity contribution in [3.05, 3.63) is 54.3 Å². The van der Waals surface area contributed by atoms with Crippen molar-refractivity contribution in [1.29, 1.82) is 0 Å². The second-order valence-corrected chi connectivity index (χ2v) is 4.07. The molecule has 0 bridgehead atoms. The third-order valence-electron chi connectivity index (χ3n) is 2.61. The summed E-state index contributed by atoms with van der Waals surface area (Å²) in [5, 5.41) is 18.0. The van der Waals surface area contributed by atoms with E-state index in [-0.39, 0.29) is 24.4 Å². The Kier molecular flexibility index (Phi) is 4.98. The lowest BCUT2D eigenvalue weighted by molar-refractivity contribution is 0.211. The van der Waals surface area contributed by atoms with E-state index in [1.807, 2.05) is 30.3 Å². The predicted molar refractivity (Wildman–Crippen MR) is 73.7 cm³/mol. The highest BCUT2D eigenvalue weighted by Crippen LogP contribution is 2.15. The lowest BCUT2D eigenvalue weighted by Gasteiger charge is -2.10. The first-order chi connectivity index (χ1) is 9.66. The molecule has 0 amide bonds. The van der Waals surface area contributed by atoms with Gasteiger partial charge in [0, 0.05) is 0 Å². The minimum atomic E-state index is -1.65. The van der Waals surface area contributed by atoms with E-state index >= 15 is 0 Å². The van der Waals surface area contributed by atoms with E-state index in [9.17, 15) is 4.39 Å². The van der Waals surface area contributed by atoms with Crippen molar-refractivity contribution in [2.75, 3.05) is 13.2 Å². The van der Waals surface area contributed by atoms with E-state index in [0.29, 0.717) is 5.75 Å². The van der Waals surface area contributed by atoms with Crippen molar-refractivity contribution < 1.29 is 23.9 Å². The zero-order valence-corrected chi connectivity index (χ0v) is 10.7. The second-order valence-electron chi connectivity index (χ2n) is 4.07. The molecule has 0 spiro atoms. The Morgan fingerprint density at radius 2 is 1.65 bits per heavy atom. The summed E-state index contributed by atoms with van der Waals surface area (Å²) in [6.07, 6.45) is 0. The Hall–Kier alpha value is -2.05. The van der Waals surface area contributed by atoms with Crippen LogP contribution in [0.2, 0.25) is 0 Å². The van der Waals surface area contributed by atoms with Crippen LogP contribution in [0.3, 0.4) is 0 Å². The highest BCUT2D eigenvalue weighted by Gasteiger charge is 2.14. The summed E-state index contributed by atoms with van der Waals surface area (Å²) in [5.41, 5.74) is 0.172. The number of hydrogen-bond acceptors (Lipinski definition) is 4. The van der Waals surface area contributed by atoms with Crippen molar-refractivity contribution in [2.45, 2.75) is 0 Å². The topological polar surface area (TPSA) is 58.9 Å². The summed E-state index contributed by atoms with van der Waals surface area (Å²) in [6.45, 7) is 0.409. The van der Waals surface area contributed by atoms with Gasteiger partial charge in [0.1, 0.15) is 19.0 Å². The SMILES string of the molecule is OB(O)c1ccc(F)c(OCCOc2ccccc2)c1. The van der Waals surface area contributed by atoms with Gasteiger partial charge in [-0.25, -0.2) is 4.39 Å². The van der Waals surface area contributed by atoms with Gasteiger partial charge < -0.3 is 19.5 Å². The lowest BCUT2D eigenvalue weighted by Crippen LogP contribution is -2.30. The van der Waals surface area contributed by atoms with Gasteiger partial charge in [0.05, 0.1) is 0 Å². The molecule has 0 saturated heterocycles. The Balaban J connectivity index is 1.86. The molecule has 20 heavy (non-hydrogen) atoms. The molecule has 0 aliphatic carbocycles. The molecule has 104 valence electrons. The van der Waals surface area contributed by atoms with Crippen molar-refractivity contribution in [1.82, 2.24) is 0 Å². The largest absolute Gasteiger partial charge is 0.490 e. The first-order valence-corrected chi connectivity index (χ1v) is 6.13. The Morgan fingerprint density at radius 1 is 0.950 bits per heavy atom. The average molecular weight is 276 g/mol. The van der Waals surface area contributed by atoms with Crippen LogP contribution in [0, 0.1) is 5.82 Å². The summed E-state index contributed by atoms with van der Waals surface area (Å²) < 4.78 is 24.1. The van der Waals surface area contributed by atoms with E-state index in [2.05, 4.69) is 0 Å². The molecule has 2 aromatic rings. The van der Waals surface area contributed by atoms with Crippen LogP contribution in [0.15, 0.2) is 48.5 Å². The number of benzene rings is 2. The zero-order chi connectivity index (χ0) is 14.4. The van der Waals surface area contributed by atoms with Gasteiger partial charge in [0.25, 0.3) is 0 Å². The quantitative estimate of drug-likeness (QED) is 0.609. The molecular weight excluding hydrogens is 262 g/mol. The molecule has 0 unspecified atom stereocenters. The number of hydrogen-bond donors (Lipinski definition) is 2. The molecule has 4 nitrogen and oxygen atoms in total. The molecule has 0 heterocycles. The molecule has 0 fully saturated rings. The summed E-state index contributed by atoms with van der Waals surface area (Å²) in [7, 11) is -1.65. The summed E-state index contributed by atoms with van der Waals surface area (Å²) in [6, 6.07) is 12.9. The third kappa shape index (κ3) is 3.98. The van der Waals surface area contributed by atoms with Gasteiger partial charge in [-0.2, -0.15) is 0 Å². The maximum absolute atomic E-state index is 13.5. The van der Waals surface area contributed by atoms with Crippen molar-refractivity contribution >= 4 is 12.6 Å². The van der Waals surface area contributed by atoms with E-state index in [1.54, 1.807) is 0 Å². The normalized spacial score (nSPS) is 10.2. The van der Waals surface area contributed by atoms with Crippen molar-refractivity contribution in [2.24, 2.45) is 0 Å². The minimum absolute atomic E-state index is 0.0349.